The second-order valence-electron chi connectivity index (χ2n) is 6.59. The predicted octanol–water partition coefficient (Wildman–Crippen LogP) is 3.21. The van der Waals surface area contributed by atoms with E-state index in [4.69, 9.17) is 0 Å². The summed E-state index contributed by atoms with van der Waals surface area (Å²) in [6, 6.07) is 13.7. The van der Waals surface area contributed by atoms with Gasteiger partial charge in [-0.25, -0.2) is 13.1 Å². The maximum atomic E-state index is 12.1. The van der Waals surface area contributed by atoms with Crippen LogP contribution in [0, 0.1) is 0 Å². The summed E-state index contributed by atoms with van der Waals surface area (Å²) in [6.45, 7) is 6.81. The van der Waals surface area contributed by atoms with Crippen LogP contribution in [0.25, 0.3) is 0 Å². The van der Waals surface area contributed by atoms with E-state index in [2.05, 4.69) is 37.6 Å². The molecule has 0 amide bonds. The molecule has 2 aromatic rings. The van der Waals surface area contributed by atoms with E-state index in [0.29, 0.717) is 13.0 Å². The molecule has 0 radical (unpaired) electrons. The second-order valence-corrected chi connectivity index (χ2v) is 8.36. The highest BCUT2D eigenvalue weighted by molar-refractivity contribution is 7.89. The van der Waals surface area contributed by atoms with Crippen LogP contribution in [0.15, 0.2) is 53.4 Å². The fraction of sp³-hybridized carbons (Fsp3) is 0.333. The third-order valence-corrected chi connectivity index (χ3v) is 5.15. The first-order valence-corrected chi connectivity index (χ1v) is 9.05. The molecule has 4 nitrogen and oxygen atoms in total. The first-order chi connectivity index (χ1) is 10.7. The van der Waals surface area contributed by atoms with Crippen molar-refractivity contribution in [2.24, 2.45) is 0 Å². The van der Waals surface area contributed by atoms with Crippen LogP contribution in [0.2, 0.25) is 0 Å². The Bertz CT molecular complexity index is 742. The topological polar surface area (TPSA) is 66.4 Å². The molecule has 0 atom stereocenters. The van der Waals surface area contributed by atoms with Crippen LogP contribution in [0.1, 0.15) is 31.9 Å². The lowest BCUT2D eigenvalue weighted by molar-refractivity contribution is 0.474. The minimum absolute atomic E-state index is 0.0443. The summed E-state index contributed by atoms with van der Waals surface area (Å²) >= 11 is 0. The number of rotatable bonds is 5. The Labute approximate surface area is 138 Å². The summed E-state index contributed by atoms with van der Waals surface area (Å²) in [6.07, 6.45) is 0.627. The van der Waals surface area contributed by atoms with Gasteiger partial charge in [0.15, 0.2) is 0 Å². The number of nitrogens with one attached hydrogen (secondary N) is 1. The Morgan fingerprint density at radius 1 is 0.957 bits per heavy atom. The average molecular weight is 333 g/mol. The molecule has 0 aliphatic carbocycles. The standard InChI is InChI=1S/C18H23NO3S/c1-18(2,3)15-6-4-14(5-7-15)12-13-19-23(21,22)17-10-8-16(20)9-11-17/h4-11,19-20H,12-13H2,1-3H3. The van der Waals surface area contributed by atoms with Gasteiger partial charge in [-0.3, -0.25) is 0 Å². The molecule has 2 rings (SSSR count). The molecule has 0 bridgehead atoms. The lowest BCUT2D eigenvalue weighted by Gasteiger charge is -2.19. The number of phenolic OH excluding ortho intramolecular Hbond substituents is 1. The van der Waals surface area contributed by atoms with Crippen molar-refractivity contribution in [3.8, 4) is 5.75 Å². The number of benzene rings is 2. The van der Waals surface area contributed by atoms with Crippen molar-refractivity contribution in [1.82, 2.24) is 4.72 Å². The van der Waals surface area contributed by atoms with Crippen molar-refractivity contribution < 1.29 is 13.5 Å². The fourth-order valence-corrected chi connectivity index (χ4v) is 3.24. The maximum Gasteiger partial charge on any atom is 0.240 e. The Morgan fingerprint density at radius 3 is 2.04 bits per heavy atom. The summed E-state index contributed by atoms with van der Waals surface area (Å²) in [5.74, 6) is 0.0443. The molecule has 0 aliphatic rings. The number of hydrogen-bond acceptors (Lipinski definition) is 3. The molecule has 0 saturated heterocycles. The Kier molecular flexibility index (Phi) is 5.12. The van der Waals surface area contributed by atoms with Crippen molar-refractivity contribution >= 4 is 10.0 Å². The van der Waals surface area contributed by atoms with Gasteiger partial charge in [-0.2, -0.15) is 0 Å². The van der Waals surface area contributed by atoms with E-state index >= 15 is 0 Å². The maximum absolute atomic E-state index is 12.1. The predicted molar refractivity (Wildman–Crippen MR) is 92.1 cm³/mol. The molecule has 5 heteroatoms. The normalized spacial score (nSPS) is 12.3. The lowest BCUT2D eigenvalue weighted by Crippen LogP contribution is -2.26. The highest BCUT2D eigenvalue weighted by Crippen LogP contribution is 2.22. The van der Waals surface area contributed by atoms with Crippen LogP contribution in [-0.2, 0) is 21.9 Å². The summed E-state index contributed by atoms with van der Waals surface area (Å²) in [4.78, 5) is 0.151. The van der Waals surface area contributed by atoms with Crippen LogP contribution in [-0.4, -0.2) is 20.1 Å². The molecule has 0 unspecified atom stereocenters. The zero-order valence-corrected chi connectivity index (χ0v) is 14.5. The Balaban J connectivity index is 1.95. The van der Waals surface area contributed by atoms with Gasteiger partial charge in [0.1, 0.15) is 5.75 Å². The van der Waals surface area contributed by atoms with Gasteiger partial charge in [0.05, 0.1) is 4.90 Å². The van der Waals surface area contributed by atoms with Crippen LogP contribution in [0.5, 0.6) is 5.75 Å². The molecule has 2 aromatic carbocycles. The van der Waals surface area contributed by atoms with E-state index in [0.717, 1.165) is 5.56 Å². The SMILES string of the molecule is CC(C)(C)c1ccc(CCNS(=O)(=O)c2ccc(O)cc2)cc1. The first kappa shape index (κ1) is 17.5. The molecule has 0 spiro atoms. The molecule has 0 saturated carbocycles. The molecule has 23 heavy (non-hydrogen) atoms. The minimum atomic E-state index is -3.54. The summed E-state index contributed by atoms with van der Waals surface area (Å²) in [5.41, 5.74) is 2.45. The van der Waals surface area contributed by atoms with Crippen molar-refractivity contribution in [3.63, 3.8) is 0 Å². The van der Waals surface area contributed by atoms with Gasteiger partial charge >= 0.3 is 0 Å². The highest BCUT2D eigenvalue weighted by atomic mass is 32.2. The number of sulfonamides is 1. The van der Waals surface area contributed by atoms with Gasteiger partial charge in [0.25, 0.3) is 0 Å². The molecule has 0 heterocycles. The van der Waals surface area contributed by atoms with Gasteiger partial charge in [0, 0.05) is 6.54 Å². The summed E-state index contributed by atoms with van der Waals surface area (Å²) in [5, 5.41) is 9.21. The zero-order valence-electron chi connectivity index (χ0n) is 13.7. The Morgan fingerprint density at radius 2 is 1.52 bits per heavy atom. The third kappa shape index (κ3) is 4.81. The molecule has 0 fully saturated rings. The lowest BCUT2D eigenvalue weighted by atomic mass is 9.86. The fourth-order valence-electron chi connectivity index (χ4n) is 2.21. The molecule has 2 N–H and O–H groups in total. The highest BCUT2D eigenvalue weighted by Gasteiger charge is 2.14. The smallest absolute Gasteiger partial charge is 0.240 e. The largest absolute Gasteiger partial charge is 0.508 e. The second kappa shape index (κ2) is 6.72. The van der Waals surface area contributed by atoms with E-state index in [1.54, 1.807) is 0 Å². The van der Waals surface area contributed by atoms with E-state index in [9.17, 15) is 13.5 Å². The van der Waals surface area contributed by atoms with Gasteiger partial charge in [-0.1, -0.05) is 45.0 Å². The van der Waals surface area contributed by atoms with Gasteiger partial charge in [-0.15, -0.1) is 0 Å². The number of hydrogen-bond donors (Lipinski definition) is 2. The minimum Gasteiger partial charge on any atom is -0.508 e. The molecular formula is C18H23NO3S. The molecular weight excluding hydrogens is 310 g/mol. The summed E-state index contributed by atoms with van der Waals surface area (Å²) < 4.78 is 26.8. The van der Waals surface area contributed by atoms with E-state index in [1.807, 2.05) is 12.1 Å². The number of aromatic hydroxyl groups is 1. The van der Waals surface area contributed by atoms with Gasteiger partial charge in [0.2, 0.25) is 10.0 Å². The van der Waals surface area contributed by atoms with Crippen LogP contribution < -0.4 is 4.72 Å². The third-order valence-electron chi connectivity index (χ3n) is 3.67. The van der Waals surface area contributed by atoms with E-state index in [1.165, 1.54) is 29.8 Å². The monoisotopic (exact) mass is 333 g/mol. The first-order valence-electron chi connectivity index (χ1n) is 7.57. The van der Waals surface area contributed by atoms with Crippen molar-refractivity contribution in [3.05, 3.63) is 59.7 Å². The number of phenols is 1. The van der Waals surface area contributed by atoms with Crippen molar-refractivity contribution in [1.29, 1.82) is 0 Å². The molecule has 0 aromatic heterocycles. The van der Waals surface area contributed by atoms with Crippen LogP contribution >= 0.6 is 0 Å². The van der Waals surface area contributed by atoms with Crippen molar-refractivity contribution in [2.45, 2.75) is 37.5 Å². The zero-order chi connectivity index (χ0) is 17.1. The summed E-state index contributed by atoms with van der Waals surface area (Å²) in [7, 11) is -3.54. The van der Waals surface area contributed by atoms with Gasteiger partial charge in [-0.05, 0) is 47.2 Å². The van der Waals surface area contributed by atoms with Gasteiger partial charge < -0.3 is 5.11 Å². The Hall–Kier alpha value is -1.85. The average Bonchev–Trinajstić information content (AvgIpc) is 2.47. The quantitative estimate of drug-likeness (QED) is 0.883. The van der Waals surface area contributed by atoms with Crippen molar-refractivity contribution in [2.75, 3.05) is 6.54 Å². The molecule has 124 valence electrons. The van der Waals surface area contributed by atoms with E-state index < -0.39 is 10.0 Å². The molecule has 0 aliphatic heterocycles. The van der Waals surface area contributed by atoms with Crippen LogP contribution in [0.3, 0.4) is 0 Å². The van der Waals surface area contributed by atoms with E-state index in [-0.39, 0.29) is 16.1 Å². The van der Waals surface area contributed by atoms with Crippen LogP contribution in [0.4, 0.5) is 0 Å².